The Hall–Kier alpha value is -1.98. The summed E-state index contributed by atoms with van der Waals surface area (Å²) < 4.78 is 5.74. The van der Waals surface area contributed by atoms with Gasteiger partial charge in [-0.25, -0.2) is 0 Å². The number of hydrogen-bond donors (Lipinski definition) is 0. The molecule has 0 spiro atoms. The van der Waals surface area contributed by atoms with Crippen molar-refractivity contribution in [3.63, 3.8) is 0 Å². The standard InChI is InChI=1S/C17H16ClNO/c1-3-12(2)13-5-8-16(9-6-13)20-17-10-15(18)7-4-14(17)11-19/h4-10,12H,3H2,1-2H3. The van der Waals surface area contributed by atoms with E-state index in [1.807, 2.05) is 12.1 Å². The molecule has 0 saturated carbocycles. The molecule has 2 aromatic rings. The van der Waals surface area contributed by atoms with Crippen molar-refractivity contribution in [2.45, 2.75) is 26.2 Å². The molecule has 1 unspecified atom stereocenters. The highest BCUT2D eigenvalue weighted by molar-refractivity contribution is 6.30. The number of ether oxygens (including phenoxy) is 1. The molecule has 0 amide bonds. The van der Waals surface area contributed by atoms with Crippen LogP contribution in [-0.4, -0.2) is 0 Å². The molecule has 0 bridgehead atoms. The van der Waals surface area contributed by atoms with Crippen LogP contribution in [0.5, 0.6) is 11.5 Å². The van der Waals surface area contributed by atoms with E-state index in [1.54, 1.807) is 18.2 Å². The second-order valence-corrected chi connectivity index (χ2v) is 5.17. The minimum atomic E-state index is 0.473. The number of nitrogens with zero attached hydrogens (tertiary/aromatic N) is 1. The highest BCUT2D eigenvalue weighted by atomic mass is 35.5. The summed E-state index contributed by atoms with van der Waals surface area (Å²) in [5.41, 5.74) is 1.76. The first kappa shape index (κ1) is 14.4. The van der Waals surface area contributed by atoms with Gasteiger partial charge in [0, 0.05) is 11.1 Å². The van der Waals surface area contributed by atoms with E-state index in [9.17, 15) is 0 Å². The topological polar surface area (TPSA) is 33.0 Å². The Morgan fingerprint density at radius 2 is 1.90 bits per heavy atom. The van der Waals surface area contributed by atoms with Crippen molar-refractivity contribution in [2.24, 2.45) is 0 Å². The molecule has 0 aromatic heterocycles. The molecule has 0 aliphatic heterocycles. The molecule has 2 aromatic carbocycles. The summed E-state index contributed by atoms with van der Waals surface area (Å²) in [6, 6.07) is 15.0. The Morgan fingerprint density at radius 1 is 1.20 bits per heavy atom. The van der Waals surface area contributed by atoms with E-state index in [-0.39, 0.29) is 0 Å². The van der Waals surface area contributed by atoms with Gasteiger partial charge in [0.2, 0.25) is 0 Å². The van der Waals surface area contributed by atoms with Crippen molar-refractivity contribution in [1.82, 2.24) is 0 Å². The smallest absolute Gasteiger partial charge is 0.146 e. The highest BCUT2D eigenvalue weighted by Crippen LogP contribution is 2.29. The van der Waals surface area contributed by atoms with Gasteiger partial charge in [-0.15, -0.1) is 0 Å². The van der Waals surface area contributed by atoms with Crippen molar-refractivity contribution >= 4 is 11.6 Å². The first-order valence-electron chi connectivity index (χ1n) is 6.61. The molecule has 0 aliphatic carbocycles. The molecule has 102 valence electrons. The minimum Gasteiger partial charge on any atom is -0.456 e. The number of rotatable bonds is 4. The molecule has 20 heavy (non-hydrogen) atoms. The zero-order chi connectivity index (χ0) is 14.5. The molecule has 0 fully saturated rings. The first-order chi connectivity index (χ1) is 9.63. The first-order valence-corrected chi connectivity index (χ1v) is 6.99. The van der Waals surface area contributed by atoms with E-state index in [0.29, 0.717) is 28.0 Å². The lowest BCUT2D eigenvalue weighted by Crippen LogP contribution is -1.92. The third-order valence-electron chi connectivity index (χ3n) is 3.35. The van der Waals surface area contributed by atoms with Crippen molar-refractivity contribution in [2.75, 3.05) is 0 Å². The Bertz CT molecular complexity index is 628. The van der Waals surface area contributed by atoms with Crippen LogP contribution in [0.2, 0.25) is 5.02 Å². The molecule has 2 nitrogen and oxygen atoms in total. The van der Waals surface area contributed by atoms with E-state index in [0.717, 1.165) is 6.42 Å². The van der Waals surface area contributed by atoms with Crippen molar-refractivity contribution < 1.29 is 4.74 Å². The van der Waals surface area contributed by atoms with Gasteiger partial charge in [-0.05, 0) is 42.2 Å². The van der Waals surface area contributed by atoms with Gasteiger partial charge in [0.15, 0.2) is 0 Å². The van der Waals surface area contributed by atoms with Crippen molar-refractivity contribution in [3.8, 4) is 17.6 Å². The van der Waals surface area contributed by atoms with Gasteiger partial charge in [0.1, 0.15) is 17.6 Å². The SMILES string of the molecule is CCC(C)c1ccc(Oc2cc(Cl)ccc2C#N)cc1. The van der Waals surface area contributed by atoms with E-state index >= 15 is 0 Å². The Labute approximate surface area is 124 Å². The second kappa shape index (κ2) is 6.45. The van der Waals surface area contributed by atoms with Gasteiger partial charge in [0.05, 0.1) is 5.56 Å². The molecule has 0 N–H and O–H groups in total. The fourth-order valence-electron chi connectivity index (χ4n) is 1.90. The Balaban J connectivity index is 2.22. The van der Waals surface area contributed by atoms with Crippen molar-refractivity contribution in [3.05, 3.63) is 58.6 Å². The van der Waals surface area contributed by atoms with Crippen LogP contribution in [0.4, 0.5) is 0 Å². The summed E-state index contributed by atoms with van der Waals surface area (Å²) in [5, 5.41) is 9.61. The van der Waals surface area contributed by atoms with Gasteiger partial charge in [-0.2, -0.15) is 5.26 Å². The van der Waals surface area contributed by atoms with Crippen molar-refractivity contribution in [1.29, 1.82) is 5.26 Å². The zero-order valence-corrected chi connectivity index (χ0v) is 12.3. The predicted octanol–water partition coefficient (Wildman–Crippen LogP) is 5.52. The summed E-state index contributed by atoms with van der Waals surface area (Å²) in [6.45, 7) is 4.36. The highest BCUT2D eigenvalue weighted by Gasteiger charge is 2.07. The molecule has 3 heteroatoms. The molecule has 1 atom stereocenters. The average Bonchev–Trinajstić information content (AvgIpc) is 2.47. The Kier molecular flexibility index (Phi) is 4.65. The molecular weight excluding hydrogens is 270 g/mol. The molecule has 0 saturated heterocycles. The third-order valence-corrected chi connectivity index (χ3v) is 3.59. The third kappa shape index (κ3) is 3.31. The number of hydrogen-bond acceptors (Lipinski definition) is 2. The molecule has 0 radical (unpaired) electrons. The maximum absolute atomic E-state index is 9.06. The van der Waals surface area contributed by atoms with E-state index < -0.39 is 0 Å². The van der Waals surface area contributed by atoms with Crippen LogP contribution in [0.3, 0.4) is 0 Å². The molecule has 0 aliphatic rings. The fraction of sp³-hybridized carbons (Fsp3) is 0.235. The maximum atomic E-state index is 9.06. The average molecular weight is 286 g/mol. The van der Waals surface area contributed by atoms with Crippen LogP contribution in [0.15, 0.2) is 42.5 Å². The van der Waals surface area contributed by atoms with Crippen LogP contribution in [-0.2, 0) is 0 Å². The van der Waals surface area contributed by atoms with Crippen LogP contribution >= 0.6 is 11.6 Å². The second-order valence-electron chi connectivity index (χ2n) is 4.73. The van der Waals surface area contributed by atoms with Crippen LogP contribution < -0.4 is 4.74 Å². The summed E-state index contributed by atoms with van der Waals surface area (Å²) in [6.07, 6.45) is 1.10. The zero-order valence-electron chi connectivity index (χ0n) is 11.6. The summed E-state index contributed by atoms with van der Waals surface area (Å²) in [7, 11) is 0. The number of halogens is 1. The molecule has 0 heterocycles. The number of benzene rings is 2. The lowest BCUT2D eigenvalue weighted by atomic mass is 9.99. The lowest BCUT2D eigenvalue weighted by molar-refractivity contribution is 0.480. The van der Waals surface area contributed by atoms with Crippen LogP contribution in [0.25, 0.3) is 0 Å². The predicted molar refractivity (Wildman–Crippen MR) is 81.4 cm³/mol. The Morgan fingerprint density at radius 3 is 2.50 bits per heavy atom. The summed E-state index contributed by atoms with van der Waals surface area (Å²) >= 11 is 5.94. The van der Waals surface area contributed by atoms with Gasteiger partial charge in [-0.3, -0.25) is 0 Å². The molecular formula is C17H16ClNO. The lowest BCUT2D eigenvalue weighted by Gasteiger charge is -2.11. The minimum absolute atomic E-state index is 0.473. The summed E-state index contributed by atoms with van der Waals surface area (Å²) in [5.74, 6) is 1.72. The normalized spacial score (nSPS) is 11.7. The fourth-order valence-corrected chi connectivity index (χ4v) is 2.06. The van der Waals surface area contributed by atoms with Crippen LogP contribution in [0, 0.1) is 11.3 Å². The van der Waals surface area contributed by atoms with Gasteiger partial charge in [-0.1, -0.05) is 37.6 Å². The van der Waals surface area contributed by atoms with Crippen LogP contribution in [0.1, 0.15) is 37.3 Å². The van der Waals surface area contributed by atoms with Gasteiger partial charge < -0.3 is 4.74 Å². The van der Waals surface area contributed by atoms with E-state index in [1.165, 1.54) is 5.56 Å². The van der Waals surface area contributed by atoms with Gasteiger partial charge >= 0.3 is 0 Å². The monoisotopic (exact) mass is 285 g/mol. The molecule has 2 rings (SSSR count). The van der Waals surface area contributed by atoms with E-state index in [2.05, 4.69) is 32.0 Å². The summed E-state index contributed by atoms with van der Waals surface area (Å²) in [4.78, 5) is 0. The van der Waals surface area contributed by atoms with E-state index in [4.69, 9.17) is 21.6 Å². The van der Waals surface area contributed by atoms with Gasteiger partial charge in [0.25, 0.3) is 0 Å². The maximum Gasteiger partial charge on any atom is 0.146 e. The largest absolute Gasteiger partial charge is 0.456 e. The number of nitriles is 1. The quantitative estimate of drug-likeness (QED) is 0.741.